The molecule has 0 aromatic heterocycles. The van der Waals surface area contributed by atoms with E-state index in [4.69, 9.17) is 5.11 Å². The Morgan fingerprint density at radius 1 is 1.75 bits per heavy atom. The van der Waals surface area contributed by atoms with Gasteiger partial charge in [-0.25, -0.2) is 0 Å². The van der Waals surface area contributed by atoms with Crippen LogP contribution in [0.3, 0.4) is 0 Å². The zero-order valence-electron chi connectivity index (χ0n) is 7.50. The van der Waals surface area contributed by atoms with Crippen LogP contribution >= 0.6 is 0 Å². The van der Waals surface area contributed by atoms with Gasteiger partial charge in [-0.2, -0.15) is 0 Å². The van der Waals surface area contributed by atoms with E-state index < -0.39 is 0 Å². The highest BCUT2D eigenvalue weighted by Gasteiger charge is 2.37. The summed E-state index contributed by atoms with van der Waals surface area (Å²) in [4.78, 5) is 11.2. The molecule has 0 aromatic carbocycles. The Bertz CT molecular complexity index is 211. The topological polar surface area (TPSA) is 49.3 Å². The molecule has 1 rings (SSSR count). The first-order chi connectivity index (χ1) is 5.69. The molecule has 1 fully saturated rings. The van der Waals surface area contributed by atoms with Gasteiger partial charge >= 0.3 is 0 Å². The summed E-state index contributed by atoms with van der Waals surface area (Å²) in [7, 11) is 0. The van der Waals surface area contributed by atoms with E-state index in [1.54, 1.807) is 13.0 Å². The Hall–Kier alpha value is -0.830. The third kappa shape index (κ3) is 2.08. The zero-order chi connectivity index (χ0) is 9.14. The molecule has 2 atom stereocenters. The maximum atomic E-state index is 11.2. The Labute approximate surface area is 72.5 Å². The van der Waals surface area contributed by atoms with Crippen molar-refractivity contribution in [3.8, 4) is 0 Å². The maximum absolute atomic E-state index is 11.2. The smallest absolute Gasteiger partial charge is 0.246 e. The SMILES string of the molecule is C/C=C(/C)C(=O)NC1CC1CO. The van der Waals surface area contributed by atoms with Crippen LogP contribution in [-0.4, -0.2) is 23.7 Å². The van der Waals surface area contributed by atoms with E-state index in [1.807, 2.05) is 6.92 Å². The van der Waals surface area contributed by atoms with Crippen molar-refractivity contribution >= 4 is 5.91 Å². The Morgan fingerprint density at radius 2 is 2.42 bits per heavy atom. The van der Waals surface area contributed by atoms with Gasteiger partial charge in [-0.15, -0.1) is 0 Å². The summed E-state index contributed by atoms with van der Waals surface area (Å²) in [6.45, 7) is 3.80. The van der Waals surface area contributed by atoms with Crippen molar-refractivity contribution in [2.75, 3.05) is 6.61 Å². The van der Waals surface area contributed by atoms with Crippen LogP contribution < -0.4 is 5.32 Å². The van der Waals surface area contributed by atoms with Gasteiger partial charge in [-0.05, 0) is 20.3 Å². The third-order valence-corrected chi connectivity index (χ3v) is 2.26. The monoisotopic (exact) mass is 169 g/mol. The van der Waals surface area contributed by atoms with Gasteiger partial charge in [0, 0.05) is 24.1 Å². The van der Waals surface area contributed by atoms with Gasteiger partial charge in [0.25, 0.3) is 0 Å². The fraction of sp³-hybridized carbons (Fsp3) is 0.667. The van der Waals surface area contributed by atoms with Crippen molar-refractivity contribution in [3.05, 3.63) is 11.6 Å². The number of allylic oxidation sites excluding steroid dienone is 1. The number of aliphatic hydroxyl groups excluding tert-OH is 1. The highest BCUT2D eigenvalue weighted by atomic mass is 16.3. The number of carbonyl (C=O) groups excluding carboxylic acids is 1. The summed E-state index contributed by atoms with van der Waals surface area (Å²) >= 11 is 0. The van der Waals surface area contributed by atoms with Gasteiger partial charge in [-0.3, -0.25) is 4.79 Å². The molecule has 1 aliphatic carbocycles. The first-order valence-electron chi connectivity index (χ1n) is 4.23. The number of hydrogen-bond donors (Lipinski definition) is 2. The number of nitrogens with one attached hydrogen (secondary N) is 1. The Morgan fingerprint density at radius 3 is 2.83 bits per heavy atom. The molecule has 2 N–H and O–H groups in total. The molecule has 1 saturated carbocycles. The summed E-state index contributed by atoms with van der Waals surface area (Å²) < 4.78 is 0. The lowest BCUT2D eigenvalue weighted by molar-refractivity contribution is -0.117. The van der Waals surface area contributed by atoms with Crippen molar-refractivity contribution in [1.29, 1.82) is 0 Å². The lowest BCUT2D eigenvalue weighted by atomic mass is 10.3. The molecule has 0 aliphatic heterocycles. The van der Waals surface area contributed by atoms with E-state index in [1.165, 1.54) is 0 Å². The molecule has 0 spiro atoms. The quantitative estimate of drug-likeness (QED) is 0.603. The number of rotatable bonds is 3. The minimum atomic E-state index is -0.0153. The number of hydrogen-bond acceptors (Lipinski definition) is 2. The van der Waals surface area contributed by atoms with Crippen molar-refractivity contribution in [3.63, 3.8) is 0 Å². The molecule has 2 unspecified atom stereocenters. The van der Waals surface area contributed by atoms with Gasteiger partial charge in [-0.1, -0.05) is 6.08 Å². The Kier molecular flexibility index (Phi) is 2.87. The zero-order valence-corrected chi connectivity index (χ0v) is 7.50. The molecule has 12 heavy (non-hydrogen) atoms. The number of amides is 1. The third-order valence-electron chi connectivity index (χ3n) is 2.26. The fourth-order valence-corrected chi connectivity index (χ4v) is 1.04. The van der Waals surface area contributed by atoms with Gasteiger partial charge in [0.2, 0.25) is 5.91 Å². The van der Waals surface area contributed by atoms with Crippen LogP contribution in [-0.2, 0) is 4.79 Å². The highest BCUT2D eigenvalue weighted by molar-refractivity contribution is 5.93. The van der Waals surface area contributed by atoms with Gasteiger partial charge in [0.1, 0.15) is 0 Å². The minimum Gasteiger partial charge on any atom is -0.396 e. The van der Waals surface area contributed by atoms with E-state index in [0.717, 1.165) is 12.0 Å². The average molecular weight is 169 g/mol. The molecule has 3 heteroatoms. The van der Waals surface area contributed by atoms with Crippen LogP contribution in [0.5, 0.6) is 0 Å². The molecular weight excluding hydrogens is 154 g/mol. The average Bonchev–Trinajstić information content (AvgIpc) is 2.81. The van der Waals surface area contributed by atoms with Crippen molar-refractivity contribution in [2.45, 2.75) is 26.3 Å². The molecule has 68 valence electrons. The van der Waals surface area contributed by atoms with Gasteiger partial charge in [0.05, 0.1) is 0 Å². The second-order valence-corrected chi connectivity index (χ2v) is 3.23. The molecule has 0 radical (unpaired) electrons. The van der Waals surface area contributed by atoms with Crippen molar-refractivity contribution in [1.82, 2.24) is 5.32 Å². The van der Waals surface area contributed by atoms with Crippen LogP contribution in [0.15, 0.2) is 11.6 Å². The molecule has 0 heterocycles. The van der Waals surface area contributed by atoms with E-state index in [0.29, 0.717) is 5.92 Å². The second kappa shape index (κ2) is 3.72. The molecule has 1 aliphatic rings. The summed E-state index contributed by atoms with van der Waals surface area (Å²) in [6.07, 6.45) is 2.70. The van der Waals surface area contributed by atoms with Crippen LogP contribution in [0.2, 0.25) is 0 Å². The lowest BCUT2D eigenvalue weighted by Crippen LogP contribution is -2.27. The normalized spacial score (nSPS) is 28.4. The predicted octanol–water partition coefficient (Wildman–Crippen LogP) is 0.450. The van der Waals surface area contributed by atoms with Crippen LogP contribution in [0.1, 0.15) is 20.3 Å². The molecule has 1 amide bonds. The molecule has 3 nitrogen and oxygen atoms in total. The van der Waals surface area contributed by atoms with Crippen molar-refractivity contribution < 1.29 is 9.90 Å². The molecule has 0 aromatic rings. The molecule has 0 bridgehead atoms. The maximum Gasteiger partial charge on any atom is 0.246 e. The summed E-state index contributed by atoms with van der Waals surface area (Å²) in [6, 6.07) is 0.206. The number of carbonyl (C=O) groups is 1. The highest BCUT2D eigenvalue weighted by Crippen LogP contribution is 2.29. The van der Waals surface area contributed by atoms with E-state index >= 15 is 0 Å². The summed E-state index contributed by atoms with van der Waals surface area (Å²) in [5, 5.41) is 11.6. The molecular formula is C9H15NO2. The number of aliphatic hydroxyl groups is 1. The lowest BCUT2D eigenvalue weighted by Gasteiger charge is -2.02. The van der Waals surface area contributed by atoms with Crippen LogP contribution in [0.25, 0.3) is 0 Å². The largest absolute Gasteiger partial charge is 0.396 e. The van der Waals surface area contributed by atoms with Crippen LogP contribution in [0.4, 0.5) is 0 Å². The summed E-state index contributed by atoms with van der Waals surface area (Å²) in [5.74, 6) is 0.275. The van der Waals surface area contributed by atoms with E-state index in [2.05, 4.69) is 5.32 Å². The van der Waals surface area contributed by atoms with Crippen LogP contribution in [0, 0.1) is 5.92 Å². The first kappa shape index (κ1) is 9.26. The second-order valence-electron chi connectivity index (χ2n) is 3.23. The van der Waals surface area contributed by atoms with E-state index in [-0.39, 0.29) is 18.6 Å². The minimum absolute atomic E-state index is 0.0153. The standard InChI is InChI=1S/C9H15NO2/c1-3-6(2)9(12)10-8-4-7(8)5-11/h3,7-8,11H,4-5H2,1-2H3,(H,10,12)/b6-3-. The van der Waals surface area contributed by atoms with Gasteiger partial charge in [0.15, 0.2) is 0 Å². The van der Waals surface area contributed by atoms with Crippen molar-refractivity contribution in [2.24, 2.45) is 5.92 Å². The fourth-order valence-electron chi connectivity index (χ4n) is 1.04. The Balaban J connectivity index is 2.29. The first-order valence-corrected chi connectivity index (χ1v) is 4.23. The van der Waals surface area contributed by atoms with E-state index in [9.17, 15) is 4.79 Å². The van der Waals surface area contributed by atoms with Gasteiger partial charge < -0.3 is 10.4 Å². The molecule has 0 saturated heterocycles. The summed E-state index contributed by atoms with van der Waals surface area (Å²) in [5.41, 5.74) is 0.735. The predicted molar refractivity (Wildman–Crippen MR) is 46.6 cm³/mol.